The van der Waals surface area contributed by atoms with E-state index in [0.29, 0.717) is 22.9 Å². The number of carbonyl (C=O) groups is 2. The van der Waals surface area contributed by atoms with E-state index >= 15 is 0 Å². The van der Waals surface area contributed by atoms with E-state index in [0.717, 1.165) is 0 Å². The third kappa shape index (κ3) is 3.81. The first-order valence-corrected chi connectivity index (χ1v) is 8.17. The molecule has 0 aliphatic carbocycles. The van der Waals surface area contributed by atoms with Crippen LogP contribution in [0, 0.1) is 5.82 Å². The van der Waals surface area contributed by atoms with E-state index in [1.807, 2.05) is 0 Å². The number of fused-ring (bicyclic) bond motifs is 1. The molecule has 2 aromatic rings. The van der Waals surface area contributed by atoms with Crippen molar-refractivity contribution in [1.82, 2.24) is 5.32 Å². The lowest BCUT2D eigenvalue weighted by atomic mass is 10.1. The number of rotatable bonds is 3. The SMILES string of the molecule is O=C1C[C@@H](C(=O)Nc2ccc3c(c2)OCO3)N=C(Nc2ccc(F)cc2)N1. The van der Waals surface area contributed by atoms with Crippen molar-refractivity contribution in [3.8, 4) is 11.5 Å². The summed E-state index contributed by atoms with van der Waals surface area (Å²) in [6.45, 7) is 0.137. The van der Waals surface area contributed by atoms with Crippen molar-refractivity contribution in [3.63, 3.8) is 0 Å². The number of guanidine groups is 1. The number of nitrogens with zero attached hydrogens (tertiary/aromatic N) is 1. The Hall–Kier alpha value is -3.62. The molecule has 2 aliphatic heterocycles. The Bertz CT molecular complexity index is 929. The monoisotopic (exact) mass is 370 g/mol. The van der Waals surface area contributed by atoms with Gasteiger partial charge in [-0.05, 0) is 36.4 Å². The molecule has 0 aromatic heterocycles. The van der Waals surface area contributed by atoms with Gasteiger partial charge in [0.25, 0.3) is 0 Å². The highest BCUT2D eigenvalue weighted by Gasteiger charge is 2.27. The minimum Gasteiger partial charge on any atom is -0.454 e. The lowest BCUT2D eigenvalue weighted by molar-refractivity contribution is -0.124. The summed E-state index contributed by atoms with van der Waals surface area (Å²) in [4.78, 5) is 28.7. The lowest BCUT2D eigenvalue weighted by Gasteiger charge is -2.21. The molecule has 9 heteroatoms. The molecule has 3 N–H and O–H groups in total. The van der Waals surface area contributed by atoms with Gasteiger partial charge >= 0.3 is 0 Å². The van der Waals surface area contributed by atoms with Crippen LogP contribution in [-0.4, -0.2) is 30.6 Å². The van der Waals surface area contributed by atoms with Crippen molar-refractivity contribution in [2.75, 3.05) is 17.4 Å². The van der Waals surface area contributed by atoms with Gasteiger partial charge in [-0.2, -0.15) is 0 Å². The molecule has 2 heterocycles. The second kappa shape index (κ2) is 6.94. The van der Waals surface area contributed by atoms with Crippen molar-refractivity contribution >= 4 is 29.1 Å². The molecule has 2 aromatic carbocycles. The third-order valence-corrected chi connectivity index (χ3v) is 3.97. The highest BCUT2D eigenvalue weighted by atomic mass is 19.1. The Morgan fingerprint density at radius 2 is 1.85 bits per heavy atom. The van der Waals surface area contributed by atoms with E-state index in [9.17, 15) is 14.0 Å². The van der Waals surface area contributed by atoms with E-state index < -0.39 is 11.9 Å². The summed E-state index contributed by atoms with van der Waals surface area (Å²) in [7, 11) is 0. The number of halogens is 1. The number of nitrogens with one attached hydrogen (secondary N) is 3. The normalized spacial score (nSPS) is 17.7. The molecule has 0 radical (unpaired) electrons. The van der Waals surface area contributed by atoms with Crippen molar-refractivity contribution in [2.24, 2.45) is 4.99 Å². The zero-order valence-corrected chi connectivity index (χ0v) is 14.0. The van der Waals surface area contributed by atoms with Gasteiger partial charge in [-0.3, -0.25) is 14.9 Å². The van der Waals surface area contributed by atoms with Crippen LogP contribution in [0.15, 0.2) is 47.5 Å². The van der Waals surface area contributed by atoms with Crippen molar-refractivity contribution in [1.29, 1.82) is 0 Å². The standard InChI is InChI=1S/C18H15FN4O4/c19-10-1-3-11(4-2-10)21-18-22-13(8-16(24)23-18)17(25)20-12-5-6-14-15(7-12)27-9-26-14/h1-7,13H,8-9H2,(H,20,25)(H2,21,22,23,24)/t13-/m0/s1. The van der Waals surface area contributed by atoms with Gasteiger partial charge in [0.1, 0.15) is 11.9 Å². The van der Waals surface area contributed by atoms with E-state index in [2.05, 4.69) is 20.9 Å². The van der Waals surface area contributed by atoms with Crippen LogP contribution in [0.3, 0.4) is 0 Å². The topological polar surface area (TPSA) is 101 Å². The molecule has 8 nitrogen and oxygen atoms in total. The number of anilines is 2. The molecule has 138 valence electrons. The number of amides is 2. The summed E-state index contributed by atoms with van der Waals surface area (Å²) in [5.41, 5.74) is 1.05. The van der Waals surface area contributed by atoms with Crippen LogP contribution >= 0.6 is 0 Å². The summed E-state index contributed by atoms with van der Waals surface area (Å²) in [6, 6.07) is 9.67. The smallest absolute Gasteiger partial charge is 0.249 e. The fourth-order valence-electron chi connectivity index (χ4n) is 2.68. The molecule has 0 fully saturated rings. The highest BCUT2D eigenvalue weighted by molar-refractivity contribution is 6.10. The Morgan fingerprint density at radius 1 is 1.11 bits per heavy atom. The van der Waals surface area contributed by atoms with Gasteiger partial charge < -0.3 is 20.1 Å². The molecular weight excluding hydrogens is 355 g/mol. The Morgan fingerprint density at radius 3 is 2.67 bits per heavy atom. The molecule has 0 unspecified atom stereocenters. The fraction of sp³-hybridized carbons (Fsp3) is 0.167. The van der Waals surface area contributed by atoms with Gasteiger partial charge in [0, 0.05) is 17.4 Å². The number of hydrogen-bond acceptors (Lipinski definition) is 6. The summed E-state index contributed by atoms with van der Waals surface area (Å²) < 4.78 is 23.5. The van der Waals surface area contributed by atoms with Crippen molar-refractivity contribution in [2.45, 2.75) is 12.5 Å². The summed E-state index contributed by atoms with van der Waals surface area (Å²) >= 11 is 0. The summed E-state index contributed by atoms with van der Waals surface area (Å²) in [5, 5.41) is 8.12. The molecule has 0 saturated carbocycles. The van der Waals surface area contributed by atoms with Crippen molar-refractivity contribution in [3.05, 3.63) is 48.3 Å². The first-order valence-electron chi connectivity index (χ1n) is 8.17. The van der Waals surface area contributed by atoms with Gasteiger partial charge in [-0.25, -0.2) is 9.38 Å². The van der Waals surface area contributed by atoms with Gasteiger partial charge in [-0.1, -0.05) is 0 Å². The number of aliphatic imine (C=N–C) groups is 1. The first kappa shape index (κ1) is 16.8. The molecule has 0 saturated heterocycles. The van der Waals surface area contributed by atoms with Crippen LogP contribution in [0.5, 0.6) is 11.5 Å². The first-order chi connectivity index (χ1) is 13.1. The van der Waals surface area contributed by atoms with Crippen LogP contribution < -0.4 is 25.4 Å². The Kier molecular flexibility index (Phi) is 4.33. The minimum atomic E-state index is -0.896. The number of ether oxygens (including phenoxy) is 2. The number of benzene rings is 2. The van der Waals surface area contributed by atoms with Crippen LogP contribution in [-0.2, 0) is 9.59 Å². The quantitative estimate of drug-likeness (QED) is 0.766. The lowest BCUT2D eigenvalue weighted by Crippen LogP contribution is -2.45. The zero-order valence-electron chi connectivity index (χ0n) is 14.0. The molecule has 2 amide bonds. The largest absolute Gasteiger partial charge is 0.454 e. The van der Waals surface area contributed by atoms with Crippen LogP contribution in [0.2, 0.25) is 0 Å². The molecule has 0 spiro atoms. The average molecular weight is 370 g/mol. The highest BCUT2D eigenvalue weighted by Crippen LogP contribution is 2.34. The fourth-order valence-corrected chi connectivity index (χ4v) is 2.68. The molecule has 4 rings (SSSR count). The van der Waals surface area contributed by atoms with Gasteiger partial charge in [0.2, 0.25) is 24.6 Å². The second-order valence-electron chi connectivity index (χ2n) is 5.93. The van der Waals surface area contributed by atoms with Crippen LogP contribution in [0.4, 0.5) is 15.8 Å². The number of carbonyl (C=O) groups excluding carboxylic acids is 2. The molecule has 2 aliphatic rings. The molecule has 27 heavy (non-hydrogen) atoms. The minimum absolute atomic E-state index is 0.0784. The van der Waals surface area contributed by atoms with Crippen molar-refractivity contribution < 1.29 is 23.5 Å². The maximum absolute atomic E-state index is 13.0. The van der Waals surface area contributed by atoms with E-state index in [-0.39, 0.29) is 30.9 Å². The molecule has 0 bridgehead atoms. The predicted molar refractivity (Wildman–Crippen MR) is 95.2 cm³/mol. The maximum Gasteiger partial charge on any atom is 0.249 e. The van der Waals surface area contributed by atoms with E-state index in [1.54, 1.807) is 18.2 Å². The van der Waals surface area contributed by atoms with Crippen LogP contribution in [0.1, 0.15) is 6.42 Å². The number of hydrogen-bond donors (Lipinski definition) is 3. The zero-order chi connectivity index (χ0) is 18.8. The maximum atomic E-state index is 13.0. The van der Waals surface area contributed by atoms with E-state index in [1.165, 1.54) is 24.3 Å². The Labute approximate surface area is 153 Å². The van der Waals surface area contributed by atoms with E-state index in [4.69, 9.17) is 9.47 Å². The molecule has 1 atom stereocenters. The second-order valence-corrected chi connectivity index (χ2v) is 5.93. The molecular formula is C18H15FN4O4. The van der Waals surface area contributed by atoms with Gasteiger partial charge in [-0.15, -0.1) is 0 Å². The van der Waals surface area contributed by atoms with Gasteiger partial charge in [0.15, 0.2) is 11.5 Å². The predicted octanol–water partition coefficient (Wildman–Crippen LogP) is 1.85. The third-order valence-electron chi connectivity index (χ3n) is 3.97. The Balaban J connectivity index is 1.47. The summed E-state index contributed by atoms with van der Waals surface area (Å²) in [6.07, 6.45) is -0.0784. The average Bonchev–Trinajstić information content (AvgIpc) is 3.11. The summed E-state index contributed by atoms with van der Waals surface area (Å²) in [5.74, 6) is 0.118. The van der Waals surface area contributed by atoms with Gasteiger partial charge in [0.05, 0.1) is 6.42 Å². The van der Waals surface area contributed by atoms with Crippen LogP contribution in [0.25, 0.3) is 0 Å².